The smallest absolute Gasteiger partial charge is 0.190 e. The Bertz CT molecular complexity index is 655. The molecular weight excluding hydrogens is 268 g/mol. The molecule has 0 aromatic heterocycles. The molecule has 1 atom stereocenters. The second kappa shape index (κ2) is 5.18. The van der Waals surface area contributed by atoms with Gasteiger partial charge in [0.2, 0.25) is 0 Å². The number of benzene rings is 1. The van der Waals surface area contributed by atoms with Crippen LogP contribution >= 0.6 is 11.8 Å². The van der Waals surface area contributed by atoms with E-state index in [0.29, 0.717) is 0 Å². The van der Waals surface area contributed by atoms with E-state index in [1.807, 2.05) is 42.7 Å². The van der Waals surface area contributed by atoms with Crippen molar-refractivity contribution in [2.75, 3.05) is 12.8 Å². The lowest BCUT2D eigenvalue weighted by molar-refractivity contribution is 0.0914. The van der Waals surface area contributed by atoms with Gasteiger partial charge >= 0.3 is 0 Å². The van der Waals surface area contributed by atoms with Gasteiger partial charge in [-0.25, -0.2) is 0 Å². The maximum atomic E-state index is 12.8. The predicted molar refractivity (Wildman–Crippen MR) is 80.1 cm³/mol. The Labute approximate surface area is 122 Å². The van der Waals surface area contributed by atoms with Crippen LogP contribution in [0, 0.1) is 11.3 Å². The minimum Gasteiger partial charge on any atom is -0.356 e. The molecule has 0 amide bonds. The Morgan fingerprint density at radius 3 is 2.80 bits per heavy atom. The number of carbonyl (C=O) groups excluding carboxylic acids is 1. The second-order valence-electron chi connectivity index (χ2n) is 4.80. The van der Waals surface area contributed by atoms with Crippen LogP contribution in [0.3, 0.4) is 0 Å². The summed E-state index contributed by atoms with van der Waals surface area (Å²) in [4.78, 5) is 15.9. The van der Waals surface area contributed by atoms with E-state index in [1.165, 1.54) is 0 Å². The van der Waals surface area contributed by atoms with E-state index >= 15 is 0 Å². The summed E-state index contributed by atoms with van der Waals surface area (Å²) in [6, 6.07) is 11.4. The summed E-state index contributed by atoms with van der Waals surface area (Å²) in [7, 11) is 0. The van der Waals surface area contributed by atoms with Crippen molar-refractivity contribution in [2.45, 2.75) is 12.5 Å². The van der Waals surface area contributed by atoms with Crippen molar-refractivity contribution >= 4 is 17.5 Å². The first kappa shape index (κ1) is 13.0. The monoisotopic (exact) mass is 282 g/mol. The fraction of sp³-hybridized carbons (Fsp3) is 0.250. The third kappa shape index (κ3) is 1.95. The summed E-state index contributed by atoms with van der Waals surface area (Å²) in [6.07, 6.45) is 4.72. The quantitative estimate of drug-likeness (QED) is 0.799. The molecule has 0 aliphatic carbocycles. The summed E-state index contributed by atoms with van der Waals surface area (Å²) in [5.41, 5.74) is 2.45. The van der Waals surface area contributed by atoms with Crippen LogP contribution in [0.4, 0.5) is 0 Å². The van der Waals surface area contributed by atoms with E-state index < -0.39 is 0 Å². The summed E-state index contributed by atoms with van der Waals surface area (Å²) in [5, 5.41) is 9.16. The van der Waals surface area contributed by atoms with Gasteiger partial charge < -0.3 is 4.90 Å². The molecule has 1 aromatic rings. The van der Waals surface area contributed by atoms with Crippen molar-refractivity contribution < 1.29 is 4.79 Å². The van der Waals surface area contributed by atoms with Crippen LogP contribution in [0.1, 0.15) is 16.8 Å². The lowest BCUT2D eigenvalue weighted by Crippen LogP contribution is -2.36. The molecule has 0 spiro atoms. The van der Waals surface area contributed by atoms with Crippen LogP contribution in [0.2, 0.25) is 0 Å². The van der Waals surface area contributed by atoms with E-state index in [2.05, 4.69) is 11.0 Å². The molecule has 0 radical (unpaired) electrons. The molecule has 2 heterocycles. The second-order valence-corrected chi connectivity index (χ2v) is 5.68. The lowest BCUT2D eigenvalue weighted by atomic mass is 10.0. The molecule has 3 rings (SSSR count). The number of fused-ring (bicyclic) bond motifs is 1. The molecule has 3 nitrogen and oxygen atoms in total. The molecule has 20 heavy (non-hydrogen) atoms. The average Bonchev–Trinajstić information content (AvgIpc) is 3.05. The van der Waals surface area contributed by atoms with Crippen molar-refractivity contribution in [2.24, 2.45) is 0 Å². The molecule has 0 saturated carbocycles. The minimum absolute atomic E-state index is 0.111. The average molecular weight is 282 g/mol. The normalized spacial score (nSPS) is 20.7. The van der Waals surface area contributed by atoms with Gasteiger partial charge in [0.05, 0.1) is 17.3 Å². The van der Waals surface area contributed by atoms with Crippen LogP contribution in [0.25, 0.3) is 0 Å². The van der Waals surface area contributed by atoms with Gasteiger partial charge in [0.15, 0.2) is 5.78 Å². The van der Waals surface area contributed by atoms with Crippen molar-refractivity contribution in [3.8, 4) is 6.07 Å². The number of thioether (sulfide) groups is 1. The molecule has 0 bridgehead atoms. The fourth-order valence-electron chi connectivity index (χ4n) is 2.77. The topological polar surface area (TPSA) is 44.1 Å². The zero-order chi connectivity index (χ0) is 14.1. The Morgan fingerprint density at radius 2 is 2.15 bits per heavy atom. The van der Waals surface area contributed by atoms with Crippen LogP contribution < -0.4 is 0 Å². The third-order valence-electron chi connectivity index (χ3n) is 3.76. The van der Waals surface area contributed by atoms with Crippen molar-refractivity contribution in [3.05, 3.63) is 58.1 Å². The van der Waals surface area contributed by atoms with Gasteiger partial charge in [-0.05, 0) is 12.3 Å². The van der Waals surface area contributed by atoms with E-state index in [-0.39, 0.29) is 11.8 Å². The summed E-state index contributed by atoms with van der Waals surface area (Å²) >= 11 is 1.59. The maximum Gasteiger partial charge on any atom is 0.190 e. The molecule has 2 aliphatic heterocycles. The number of hydrogen-bond donors (Lipinski definition) is 0. The van der Waals surface area contributed by atoms with Gasteiger partial charge in [-0.3, -0.25) is 4.79 Å². The van der Waals surface area contributed by atoms with Gasteiger partial charge in [0.25, 0.3) is 0 Å². The molecule has 1 unspecified atom stereocenters. The van der Waals surface area contributed by atoms with Gasteiger partial charge in [0.1, 0.15) is 6.04 Å². The van der Waals surface area contributed by atoms with Gasteiger partial charge in [0, 0.05) is 23.4 Å². The van der Waals surface area contributed by atoms with E-state index in [0.717, 1.165) is 34.7 Å². The first-order chi connectivity index (χ1) is 9.76. The Balaban J connectivity index is 1.99. The summed E-state index contributed by atoms with van der Waals surface area (Å²) in [5.74, 6) is 0.111. The molecular formula is C16H14N2OS. The van der Waals surface area contributed by atoms with E-state index in [4.69, 9.17) is 5.26 Å². The molecule has 2 aliphatic rings. The highest BCUT2D eigenvalue weighted by atomic mass is 32.2. The number of ketones is 1. The number of nitriles is 1. The zero-order valence-electron chi connectivity index (χ0n) is 11.2. The number of Topliss-reactive ketones (excluding diaryl/α,β-unsaturated/α-hetero) is 1. The minimum atomic E-state index is -0.256. The molecule has 1 aromatic carbocycles. The highest BCUT2D eigenvalue weighted by molar-refractivity contribution is 8.02. The van der Waals surface area contributed by atoms with E-state index in [9.17, 15) is 4.79 Å². The molecule has 0 N–H and O–H groups in total. The van der Waals surface area contributed by atoms with Crippen molar-refractivity contribution in [3.63, 3.8) is 0 Å². The molecule has 4 heteroatoms. The molecule has 0 fully saturated rings. The SMILES string of the molecule is CSC1=CC2=C(C#N)CCN2C1C(=O)c1ccccc1. The van der Waals surface area contributed by atoms with Gasteiger partial charge in [-0.1, -0.05) is 30.3 Å². The summed E-state index contributed by atoms with van der Waals surface area (Å²) in [6.45, 7) is 0.752. The highest BCUT2D eigenvalue weighted by Gasteiger charge is 2.39. The van der Waals surface area contributed by atoms with Crippen molar-refractivity contribution in [1.29, 1.82) is 5.26 Å². The van der Waals surface area contributed by atoms with Gasteiger partial charge in [-0.15, -0.1) is 11.8 Å². The number of carbonyl (C=O) groups is 1. The van der Waals surface area contributed by atoms with Crippen LogP contribution in [0.15, 0.2) is 52.6 Å². The molecule has 0 saturated heterocycles. The van der Waals surface area contributed by atoms with Crippen LogP contribution in [-0.2, 0) is 0 Å². The highest BCUT2D eigenvalue weighted by Crippen LogP contribution is 2.40. The largest absolute Gasteiger partial charge is 0.356 e. The lowest BCUT2D eigenvalue weighted by Gasteiger charge is -2.25. The van der Waals surface area contributed by atoms with Crippen molar-refractivity contribution in [1.82, 2.24) is 4.90 Å². The Kier molecular flexibility index (Phi) is 3.37. The number of hydrogen-bond acceptors (Lipinski definition) is 4. The fourth-order valence-corrected chi connectivity index (χ4v) is 3.46. The van der Waals surface area contributed by atoms with Crippen LogP contribution in [0.5, 0.6) is 0 Å². The third-order valence-corrected chi connectivity index (χ3v) is 4.57. The number of nitrogens with zero attached hydrogens (tertiary/aromatic N) is 2. The first-order valence-corrected chi connectivity index (χ1v) is 7.73. The Morgan fingerprint density at radius 1 is 1.40 bits per heavy atom. The number of allylic oxidation sites excluding steroid dienone is 1. The summed E-state index contributed by atoms with van der Waals surface area (Å²) < 4.78 is 0. The van der Waals surface area contributed by atoms with Crippen LogP contribution in [-0.4, -0.2) is 29.5 Å². The number of rotatable bonds is 3. The zero-order valence-corrected chi connectivity index (χ0v) is 12.0. The van der Waals surface area contributed by atoms with Gasteiger partial charge in [-0.2, -0.15) is 5.26 Å². The maximum absolute atomic E-state index is 12.8. The Hall–Kier alpha value is -1.99. The standard InChI is InChI=1S/C16H14N2OS/c1-20-14-9-13-12(10-17)7-8-18(13)15(14)16(19)11-5-3-2-4-6-11/h2-6,9,15H,7-8H2,1H3. The molecule has 100 valence electrons. The first-order valence-electron chi connectivity index (χ1n) is 6.51. The van der Waals surface area contributed by atoms with E-state index in [1.54, 1.807) is 11.8 Å². The predicted octanol–water partition coefficient (Wildman–Crippen LogP) is 2.98.